The van der Waals surface area contributed by atoms with Gasteiger partial charge < -0.3 is 5.11 Å². The standard InChI is InChI=1S/C30H32N2O8S2/c1-22-15-17-23(18-16-22)42(39,40)32(20-8-2-3-14-28(33)34)30(35)29-24-10-4-6-12-26(24)31(19-9-21-41(36,37)38)27-13-7-5-11-25(27)29/h4-7,10-13,15-18H,2-3,8-9,14,19-21H2,1H3,(H-,33,34,36,37,38)/p+1. The maximum Gasteiger partial charge on any atom is 0.303 e. The minimum Gasteiger partial charge on any atom is -0.481 e. The largest absolute Gasteiger partial charge is 0.481 e. The second-order valence-corrected chi connectivity index (χ2v) is 13.5. The van der Waals surface area contributed by atoms with Crippen molar-refractivity contribution in [1.29, 1.82) is 0 Å². The van der Waals surface area contributed by atoms with E-state index < -0.39 is 37.8 Å². The monoisotopic (exact) mass is 613 g/mol. The van der Waals surface area contributed by atoms with E-state index in [0.29, 0.717) is 34.6 Å². The predicted octanol–water partition coefficient (Wildman–Crippen LogP) is 4.34. The summed E-state index contributed by atoms with van der Waals surface area (Å²) in [7, 11) is -8.45. The number of carbonyl (C=O) groups is 2. The minimum absolute atomic E-state index is 0.0307. The van der Waals surface area contributed by atoms with Gasteiger partial charge in [-0.25, -0.2) is 12.7 Å². The average molecular weight is 614 g/mol. The molecule has 3 aromatic carbocycles. The summed E-state index contributed by atoms with van der Waals surface area (Å²) in [6.45, 7) is 1.92. The van der Waals surface area contributed by atoms with E-state index in [1.165, 1.54) is 12.1 Å². The molecule has 0 atom stereocenters. The molecule has 222 valence electrons. The van der Waals surface area contributed by atoms with Crippen molar-refractivity contribution < 1.29 is 40.7 Å². The van der Waals surface area contributed by atoms with Crippen LogP contribution in [0.25, 0.3) is 21.8 Å². The van der Waals surface area contributed by atoms with E-state index in [1.807, 2.05) is 11.5 Å². The number of carboxylic acids is 1. The normalized spacial score (nSPS) is 12.0. The molecule has 1 amide bonds. The third kappa shape index (κ3) is 7.12. The molecule has 0 saturated carbocycles. The zero-order chi connectivity index (χ0) is 30.5. The lowest BCUT2D eigenvalue weighted by atomic mass is 10.0. The van der Waals surface area contributed by atoms with Crippen molar-refractivity contribution in [3.8, 4) is 0 Å². The first-order valence-electron chi connectivity index (χ1n) is 13.5. The first-order valence-corrected chi connectivity index (χ1v) is 16.6. The van der Waals surface area contributed by atoms with E-state index >= 15 is 0 Å². The van der Waals surface area contributed by atoms with Gasteiger partial charge in [0.25, 0.3) is 26.0 Å². The Labute approximate surface area is 245 Å². The Hall–Kier alpha value is -3.87. The fourth-order valence-corrected chi connectivity index (χ4v) is 6.90. The van der Waals surface area contributed by atoms with Gasteiger partial charge in [-0.05, 0) is 44.0 Å². The first kappa shape index (κ1) is 31.1. The van der Waals surface area contributed by atoms with E-state index in [4.69, 9.17) is 5.11 Å². The highest BCUT2D eigenvalue weighted by Gasteiger charge is 2.34. The molecule has 0 aliphatic heterocycles. The average Bonchev–Trinajstić information content (AvgIpc) is 2.93. The highest BCUT2D eigenvalue weighted by Crippen LogP contribution is 2.29. The number of unbranched alkanes of at least 4 members (excludes halogenated alkanes) is 2. The molecule has 0 spiro atoms. The fraction of sp³-hybridized carbons (Fsp3) is 0.300. The Morgan fingerprint density at radius 2 is 1.36 bits per heavy atom. The first-order chi connectivity index (χ1) is 19.9. The van der Waals surface area contributed by atoms with Crippen molar-refractivity contribution in [3.05, 3.63) is 83.9 Å². The molecule has 2 N–H and O–H groups in total. The third-order valence-electron chi connectivity index (χ3n) is 7.01. The van der Waals surface area contributed by atoms with Crippen LogP contribution in [-0.2, 0) is 31.5 Å². The molecule has 0 bridgehead atoms. The quantitative estimate of drug-likeness (QED) is 0.0979. The number of benzene rings is 3. The number of aliphatic carboxylic acids is 1. The molecule has 0 aliphatic carbocycles. The number of aromatic nitrogens is 1. The van der Waals surface area contributed by atoms with E-state index in [1.54, 1.807) is 60.7 Å². The number of sulfonamides is 1. The summed E-state index contributed by atoms with van der Waals surface area (Å²) in [5.41, 5.74) is 2.25. The molecule has 0 fully saturated rings. The number of amides is 1. The summed E-state index contributed by atoms with van der Waals surface area (Å²) >= 11 is 0. The summed E-state index contributed by atoms with van der Waals surface area (Å²) in [5.74, 6) is -2.10. The maximum absolute atomic E-state index is 14.4. The fourth-order valence-electron chi connectivity index (χ4n) is 4.99. The van der Waals surface area contributed by atoms with Crippen molar-refractivity contribution in [2.45, 2.75) is 50.5 Å². The summed E-state index contributed by atoms with van der Waals surface area (Å²) in [5, 5.41) is 9.95. The molecule has 42 heavy (non-hydrogen) atoms. The molecular weight excluding hydrogens is 580 g/mol. The number of rotatable bonds is 13. The highest BCUT2D eigenvalue weighted by molar-refractivity contribution is 7.89. The lowest BCUT2D eigenvalue weighted by Gasteiger charge is -2.24. The van der Waals surface area contributed by atoms with E-state index in [-0.39, 0.29) is 42.8 Å². The lowest BCUT2D eigenvalue weighted by molar-refractivity contribution is -0.645. The number of carboxylic acid groups (broad SMARTS) is 1. The Morgan fingerprint density at radius 3 is 1.90 bits per heavy atom. The SMILES string of the molecule is Cc1ccc(S(=O)(=O)N(CCCCCC(=O)O)C(=O)c2c3ccccc3[n+](CCCS(=O)(=O)O)c3ccccc23)cc1. The second-order valence-electron chi connectivity index (χ2n) is 10.1. The van der Waals surface area contributed by atoms with Crippen LogP contribution in [0.15, 0.2) is 77.7 Å². The van der Waals surface area contributed by atoms with Gasteiger partial charge in [0.15, 0.2) is 6.54 Å². The van der Waals surface area contributed by atoms with Gasteiger partial charge in [0, 0.05) is 31.5 Å². The van der Waals surface area contributed by atoms with Crippen LogP contribution in [0.3, 0.4) is 0 Å². The van der Waals surface area contributed by atoms with E-state index in [2.05, 4.69) is 0 Å². The Bertz CT molecular complexity index is 1780. The van der Waals surface area contributed by atoms with Crippen LogP contribution in [-0.4, -0.2) is 55.0 Å². The van der Waals surface area contributed by atoms with Crippen molar-refractivity contribution in [2.75, 3.05) is 12.3 Å². The highest BCUT2D eigenvalue weighted by atomic mass is 32.2. The lowest BCUT2D eigenvalue weighted by Crippen LogP contribution is -2.40. The zero-order valence-corrected chi connectivity index (χ0v) is 24.8. The Kier molecular flexibility index (Phi) is 9.60. The molecule has 1 aromatic heterocycles. The maximum atomic E-state index is 14.4. The number of pyridine rings is 1. The van der Waals surface area contributed by atoms with Crippen LogP contribution < -0.4 is 4.57 Å². The Balaban J connectivity index is 1.85. The number of aryl methyl sites for hydroxylation is 2. The van der Waals surface area contributed by atoms with Crippen LogP contribution in [0.1, 0.15) is 48.0 Å². The molecule has 4 aromatic rings. The number of fused-ring (bicyclic) bond motifs is 2. The molecule has 0 radical (unpaired) electrons. The van der Waals surface area contributed by atoms with Gasteiger partial charge in [0.1, 0.15) is 0 Å². The van der Waals surface area contributed by atoms with Crippen molar-refractivity contribution in [3.63, 3.8) is 0 Å². The van der Waals surface area contributed by atoms with Crippen LogP contribution in [0.2, 0.25) is 0 Å². The van der Waals surface area contributed by atoms with Gasteiger partial charge in [-0.15, -0.1) is 0 Å². The van der Waals surface area contributed by atoms with Crippen LogP contribution in [0.4, 0.5) is 0 Å². The molecule has 0 aliphatic rings. The van der Waals surface area contributed by atoms with Gasteiger partial charge in [-0.1, -0.05) is 48.4 Å². The molecule has 10 nitrogen and oxygen atoms in total. The molecule has 4 rings (SSSR count). The van der Waals surface area contributed by atoms with Gasteiger partial charge in [0.05, 0.1) is 27.0 Å². The third-order valence-corrected chi connectivity index (χ3v) is 9.61. The summed E-state index contributed by atoms with van der Waals surface area (Å²) in [4.78, 5) is 25.3. The Morgan fingerprint density at radius 1 is 0.786 bits per heavy atom. The summed E-state index contributed by atoms with van der Waals surface area (Å²) in [6.07, 6.45) is 1.12. The predicted molar refractivity (Wildman–Crippen MR) is 158 cm³/mol. The van der Waals surface area contributed by atoms with Crippen LogP contribution >= 0.6 is 0 Å². The topological polar surface area (TPSA) is 150 Å². The summed E-state index contributed by atoms with van der Waals surface area (Å²) < 4.78 is 62.6. The van der Waals surface area contributed by atoms with Crippen molar-refractivity contribution in [1.82, 2.24) is 4.31 Å². The molecular formula is C30H33N2O8S2+. The van der Waals surface area contributed by atoms with Crippen molar-refractivity contribution in [2.24, 2.45) is 0 Å². The van der Waals surface area contributed by atoms with Crippen LogP contribution in [0.5, 0.6) is 0 Å². The zero-order valence-electron chi connectivity index (χ0n) is 23.1. The molecule has 0 unspecified atom stereocenters. The number of para-hydroxylation sites is 2. The summed E-state index contributed by atoms with van der Waals surface area (Å²) in [6, 6.07) is 20.2. The number of nitrogens with zero attached hydrogens (tertiary/aromatic N) is 2. The van der Waals surface area contributed by atoms with Gasteiger partial charge in [-0.3, -0.25) is 14.1 Å². The molecule has 12 heteroatoms. The van der Waals surface area contributed by atoms with Crippen LogP contribution in [0, 0.1) is 6.92 Å². The van der Waals surface area contributed by atoms with Crippen molar-refractivity contribution >= 4 is 53.8 Å². The second kappa shape index (κ2) is 13.0. The number of hydrogen-bond donors (Lipinski definition) is 2. The van der Waals surface area contributed by atoms with Gasteiger partial charge in [0.2, 0.25) is 11.0 Å². The molecule has 0 saturated heterocycles. The number of carbonyl (C=O) groups excluding carboxylic acids is 1. The van der Waals surface area contributed by atoms with Gasteiger partial charge in [-0.2, -0.15) is 13.0 Å². The van der Waals surface area contributed by atoms with E-state index in [0.717, 1.165) is 9.87 Å². The smallest absolute Gasteiger partial charge is 0.303 e. The number of hydrogen-bond acceptors (Lipinski definition) is 6. The minimum atomic E-state index is -4.28. The molecule has 1 heterocycles. The van der Waals surface area contributed by atoms with E-state index in [9.17, 15) is 31.0 Å². The van der Waals surface area contributed by atoms with Gasteiger partial charge >= 0.3 is 5.97 Å².